The van der Waals surface area contributed by atoms with Gasteiger partial charge < -0.3 is 15.4 Å². The molecule has 37 heavy (non-hydrogen) atoms. The smallest absolute Gasteiger partial charge is 0.262 e. The zero-order chi connectivity index (χ0) is 25.5. The molecule has 2 aromatic heterocycles. The molecule has 5 rings (SSSR count). The minimum atomic E-state index is -0.333. The molecule has 0 radical (unpaired) electrons. The van der Waals surface area contributed by atoms with E-state index in [0.717, 1.165) is 11.3 Å². The van der Waals surface area contributed by atoms with E-state index in [-0.39, 0.29) is 18.4 Å². The number of benzene rings is 3. The fourth-order valence-electron chi connectivity index (χ4n) is 3.70. The van der Waals surface area contributed by atoms with E-state index in [0.29, 0.717) is 28.4 Å². The molecule has 0 fully saturated rings. The third kappa shape index (κ3) is 5.88. The number of aromatic nitrogens is 3. The molecular formula is C29H23N5O3. The minimum absolute atomic E-state index is 0.165. The summed E-state index contributed by atoms with van der Waals surface area (Å²) >= 11 is 0. The van der Waals surface area contributed by atoms with Crippen molar-refractivity contribution in [3.63, 3.8) is 0 Å². The van der Waals surface area contributed by atoms with Gasteiger partial charge >= 0.3 is 0 Å². The zero-order valence-electron chi connectivity index (χ0n) is 19.7. The summed E-state index contributed by atoms with van der Waals surface area (Å²) in [6.07, 6.45) is 5.04. The van der Waals surface area contributed by atoms with E-state index in [2.05, 4.69) is 20.7 Å². The Morgan fingerprint density at radius 3 is 2.32 bits per heavy atom. The van der Waals surface area contributed by atoms with Crippen molar-refractivity contribution in [3.05, 3.63) is 121 Å². The molecule has 182 valence electrons. The van der Waals surface area contributed by atoms with Crippen LogP contribution >= 0.6 is 0 Å². The van der Waals surface area contributed by atoms with Crippen LogP contribution in [0.5, 0.6) is 5.75 Å². The van der Waals surface area contributed by atoms with Crippen LogP contribution in [0.15, 0.2) is 116 Å². The highest BCUT2D eigenvalue weighted by Crippen LogP contribution is 2.25. The van der Waals surface area contributed by atoms with Crippen LogP contribution in [-0.4, -0.2) is 33.2 Å². The maximum absolute atomic E-state index is 13.3. The lowest BCUT2D eigenvalue weighted by Gasteiger charge is -2.10. The molecule has 8 heteroatoms. The van der Waals surface area contributed by atoms with Crippen molar-refractivity contribution in [2.45, 2.75) is 0 Å². The highest BCUT2D eigenvalue weighted by atomic mass is 16.5. The van der Waals surface area contributed by atoms with Crippen LogP contribution in [0.3, 0.4) is 0 Å². The predicted molar refractivity (Wildman–Crippen MR) is 142 cm³/mol. The number of carbonyl (C=O) groups is 2. The molecule has 0 saturated heterocycles. The molecule has 0 unspecified atom stereocenters. The number of hydrogen-bond acceptors (Lipinski definition) is 5. The van der Waals surface area contributed by atoms with Gasteiger partial charge in [0.15, 0.2) is 6.61 Å². The molecule has 3 aromatic carbocycles. The van der Waals surface area contributed by atoms with E-state index < -0.39 is 0 Å². The summed E-state index contributed by atoms with van der Waals surface area (Å²) in [7, 11) is 0. The fraction of sp³-hybridized carbons (Fsp3) is 0.0345. The van der Waals surface area contributed by atoms with Crippen molar-refractivity contribution in [1.82, 2.24) is 14.8 Å². The number of para-hydroxylation sites is 2. The van der Waals surface area contributed by atoms with Crippen LogP contribution in [0.4, 0.5) is 11.4 Å². The van der Waals surface area contributed by atoms with Crippen molar-refractivity contribution in [3.8, 4) is 22.7 Å². The number of anilines is 2. The standard InChI is InChI=1S/C29H23N5O3/c35-27(31-22-10-3-1-4-11-22)20-37-25-15-7-12-23(17-25)32-29(36)26-19-34(24-13-5-2-6-14-24)33-28(26)21-9-8-16-30-18-21/h1-19H,20H2,(H,31,35)(H,32,36). The largest absolute Gasteiger partial charge is 0.484 e. The lowest BCUT2D eigenvalue weighted by Crippen LogP contribution is -2.20. The Hall–Kier alpha value is -5.24. The summed E-state index contributed by atoms with van der Waals surface area (Å²) in [6, 6.07) is 29.3. The summed E-state index contributed by atoms with van der Waals surface area (Å²) in [5.41, 5.74) is 3.68. The minimum Gasteiger partial charge on any atom is -0.484 e. The van der Waals surface area contributed by atoms with Gasteiger partial charge in [-0.15, -0.1) is 0 Å². The zero-order valence-corrected chi connectivity index (χ0v) is 19.7. The molecule has 0 atom stereocenters. The second-order valence-electron chi connectivity index (χ2n) is 8.10. The van der Waals surface area contributed by atoms with Gasteiger partial charge in [-0.1, -0.05) is 42.5 Å². The summed E-state index contributed by atoms with van der Waals surface area (Å²) in [4.78, 5) is 29.7. The molecule has 2 N–H and O–H groups in total. The molecule has 0 aliphatic carbocycles. The summed E-state index contributed by atoms with van der Waals surface area (Å²) in [5, 5.41) is 10.3. The van der Waals surface area contributed by atoms with Crippen LogP contribution in [0, 0.1) is 0 Å². The monoisotopic (exact) mass is 489 g/mol. The quantitative estimate of drug-likeness (QED) is 0.312. The van der Waals surface area contributed by atoms with E-state index in [1.54, 1.807) is 65.7 Å². The van der Waals surface area contributed by atoms with E-state index in [1.165, 1.54) is 0 Å². The number of amides is 2. The topological polar surface area (TPSA) is 98.1 Å². The number of nitrogens with one attached hydrogen (secondary N) is 2. The van der Waals surface area contributed by atoms with Gasteiger partial charge in [0.05, 0.1) is 11.3 Å². The molecule has 0 aliphatic rings. The van der Waals surface area contributed by atoms with Crippen LogP contribution < -0.4 is 15.4 Å². The average Bonchev–Trinajstić information content (AvgIpc) is 3.40. The van der Waals surface area contributed by atoms with Crippen molar-refractivity contribution >= 4 is 23.2 Å². The molecule has 8 nitrogen and oxygen atoms in total. The number of ether oxygens (including phenoxy) is 1. The first-order valence-electron chi connectivity index (χ1n) is 11.6. The van der Waals surface area contributed by atoms with Crippen molar-refractivity contribution < 1.29 is 14.3 Å². The number of hydrogen-bond donors (Lipinski definition) is 2. The Balaban J connectivity index is 1.32. The highest BCUT2D eigenvalue weighted by molar-refractivity contribution is 6.08. The van der Waals surface area contributed by atoms with E-state index in [1.807, 2.05) is 54.6 Å². The average molecular weight is 490 g/mol. The van der Waals surface area contributed by atoms with Crippen molar-refractivity contribution in [2.24, 2.45) is 0 Å². The molecule has 5 aromatic rings. The van der Waals surface area contributed by atoms with E-state index >= 15 is 0 Å². The number of rotatable bonds is 8. The van der Waals surface area contributed by atoms with Crippen LogP contribution in [-0.2, 0) is 4.79 Å². The predicted octanol–water partition coefficient (Wildman–Crippen LogP) is 5.20. The van der Waals surface area contributed by atoms with Gasteiger partial charge in [-0.3, -0.25) is 14.6 Å². The molecule has 2 amide bonds. The van der Waals surface area contributed by atoms with Gasteiger partial charge in [0.25, 0.3) is 11.8 Å². The Bertz CT molecular complexity index is 1500. The maximum Gasteiger partial charge on any atom is 0.262 e. The Kier molecular flexibility index (Phi) is 6.99. The second-order valence-corrected chi connectivity index (χ2v) is 8.10. The summed E-state index contributed by atoms with van der Waals surface area (Å²) in [6.45, 7) is -0.165. The molecule has 0 saturated carbocycles. The third-order valence-electron chi connectivity index (χ3n) is 5.43. The van der Waals surface area contributed by atoms with Gasteiger partial charge in [0, 0.05) is 41.6 Å². The number of nitrogens with zero attached hydrogens (tertiary/aromatic N) is 3. The Morgan fingerprint density at radius 1 is 0.811 bits per heavy atom. The first kappa shape index (κ1) is 23.5. The first-order chi connectivity index (χ1) is 18.2. The van der Waals surface area contributed by atoms with Crippen LogP contribution in [0.1, 0.15) is 10.4 Å². The Labute approximate surface area is 213 Å². The molecule has 0 spiro atoms. The van der Waals surface area contributed by atoms with Crippen molar-refractivity contribution in [2.75, 3.05) is 17.2 Å². The molecule has 0 aliphatic heterocycles. The van der Waals surface area contributed by atoms with E-state index in [9.17, 15) is 9.59 Å². The fourth-order valence-corrected chi connectivity index (χ4v) is 3.70. The maximum atomic E-state index is 13.3. The van der Waals surface area contributed by atoms with Gasteiger partial charge in [-0.25, -0.2) is 4.68 Å². The lowest BCUT2D eigenvalue weighted by molar-refractivity contribution is -0.118. The van der Waals surface area contributed by atoms with Crippen molar-refractivity contribution in [1.29, 1.82) is 0 Å². The molecule has 0 bridgehead atoms. The SMILES string of the molecule is O=C(COc1cccc(NC(=O)c2cn(-c3ccccc3)nc2-c2cccnc2)c1)Nc1ccccc1. The lowest BCUT2D eigenvalue weighted by atomic mass is 10.1. The highest BCUT2D eigenvalue weighted by Gasteiger charge is 2.19. The summed E-state index contributed by atoms with van der Waals surface area (Å²) < 4.78 is 7.30. The molecule has 2 heterocycles. The van der Waals surface area contributed by atoms with Gasteiger partial charge in [-0.05, 0) is 48.5 Å². The van der Waals surface area contributed by atoms with Crippen LogP contribution in [0.25, 0.3) is 16.9 Å². The second kappa shape index (κ2) is 11.0. The first-order valence-corrected chi connectivity index (χ1v) is 11.6. The Morgan fingerprint density at radius 2 is 1.57 bits per heavy atom. The van der Waals surface area contributed by atoms with Gasteiger partial charge in [-0.2, -0.15) is 5.10 Å². The molecular weight excluding hydrogens is 466 g/mol. The van der Waals surface area contributed by atoms with Gasteiger partial charge in [0.2, 0.25) is 0 Å². The normalized spacial score (nSPS) is 10.5. The third-order valence-corrected chi connectivity index (χ3v) is 5.43. The van der Waals surface area contributed by atoms with E-state index in [4.69, 9.17) is 4.74 Å². The summed E-state index contributed by atoms with van der Waals surface area (Å²) in [5.74, 6) is -0.163. The number of carbonyl (C=O) groups excluding carboxylic acids is 2. The van der Waals surface area contributed by atoms with Gasteiger partial charge in [0.1, 0.15) is 11.4 Å². The van der Waals surface area contributed by atoms with Crippen LogP contribution in [0.2, 0.25) is 0 Å². The number of pyridine rings is 1.